The van der Waals surface area contributed by atoms with E-state index in [9.17, 15) is 4.79 Å². The summed E-state index contributed by atoms with van der Waals surface area (Å²) in [5, 5.41) is 4.61. The molecule has 2 N–H and O–H groups in total. The lowest BCUT2D eigenvalue weighted by Gasteiger charge is -2.09. The summed E-state index contributed by atoms with van der Waals surface area (Å²) < 4.78 is 1.75. The van der Waals surface area contributed by atoms with Crippen LogP contribution in [0, 0.1) is 0 Å². The molecule has 0 unspecified atom stereocenters. The van der Waals surface area contributed by atoms with E-state index < -0.39 is 0 Å². The van der Waals surface area contributed by atoms with Crippen molar-refractivity contribution >= 4 is 16.6 Å². The summed E-state index contributed by atoms with van der Waals surface area (Å²) in [6.07, 6.45) is 4.87. The average molecular weight is 281 g/mol. The van der Waals surface area contributed by atoms with E-state index in [0.717, 1.165) is 30.7 Å². The molecule has 21 heavy (non-hydrogen) atoms. The highest BCUT2D eigenvalue weighted by atomic mass is 16.1. The second kappa shape index (κ2) is 5.87. The number of rotatable bonds is 5. The number of aryl methyl sites for hydroxylation is 1. The van der Waals surface area contributed by atoms with Crippen LogP contribution in [0.2, 0.25) is 0 Å². The molecule has 0 saturated carbocycles. The molecule has 108 valence electrons. The second-order valence-corrected chi connectivity index (χ2v) is 5.16. The van der Waals surface area contributed by atoms with Crippen LogP contribution in [0.5, 0.6) is 0 Å². The summed E-state index contributed by atoms with van der Waals surface area (Å²) in [6.45, 7) is 3.55. The first kappa shape index (κ1) is 13.5. The maximum atomic E-state index is 11.7. The van der Waals surface area contributed by atoms with Gasteiger partial charge in [-0.15, -0.1) is 0 Å². The van der Waals surface area contributed by atoms with Crippen molar-refractivity contribution in [3.8, 4) is 0 Å². The Morgan fingerprint density at radius 1 is 1.19 bits per heavy atom. The normalized spacial score (nSPS) is 10.9. The molecule has 0 fully saturated rings. The molecule has 0 atom stereocenters. The molecule has 2 heterocycles. The van der Waals surface area contributed by atoms with Gasteiger partial charge in [0.1, 0.15) is 0 Å². The van der Waals surface area contributed by atoms with Crippen LogP contribution in [-0.2, 0) is 13.1 Å². The first-order chi connectivity index (χ1) is 10.3. The first-order valence-electron chi connectivity index (χ1n) is 7.27. The monoisotopic (exact) mass is 281 g/mol. The van der Waals surface area contributed by atoms with E-state index in [4.69, 9.17) is 0 Å². The molecule has 3 aromatic rings. The van der Waals surface area contributed by atoms with Crippen molar-refractivity contribution in [2.24, 2.45) is 0 Å². The Morgan fingerprint density at radius 3 is 2.90 bits per heavy atom. The fraction of sp³-hybridized carbons (Fsp3) is 0.235. The van der Waals surface area contributed by atoms with Crippen LogP contribution in [0.15, 0.2) is 53.6 Å². The third kappa shape index (κ3) is 2.84. The largest absolute Gasteiger partial charge is 0.380 e. The Kier molecular flexibility index (Phi) is 3.77. The number of benzene rings is 1. The third-order valence-corrected chi connectivity index (χ3v) is 3.61. The quantitative estimate of drug-likeness (QED) is 0.753. The Labute approximate surface area is 123 Å². The zero-order valence-electron chi connectivity index (χ0n) is 12.1. The van der Waals surface area contributed by atoms with Gasteiger partial charge in [-0.05, 0) is 24.1 Å². The third-order valence-electron chi connectivity index (χ3n) is 3.61. The molecule has 0 bridgehead atoms. The predicted molar refractivity (Wildman–Crippen MR) is 86.6 cm³/mol. The van der Waals surface area contributed by atoms with Gasteiger partial charge in [-0.2, -0.15) is 0 Å². The van der Waals surface area contributed by atoms with Crippen LogP contribution >= 0.6 is 0 Å². The Balaban J connectivity index is 1.78. The number of nitrogens with zero attached hydrogens (tertiary/aromatic N) is 1. The molecule has 4 heteroatoms. The van der Waals surface area contributed by atoms with Gasteiger partial charge in [0.05, 0.1) is 5.69 Å². The van der Waals surface area contributed by atoms with Crippen LogP contribution in [0.25, 0.3) is 10.9 Å². The molecule has 0 aliphatic rings. The number of hydrogen-bond donors (Lipinski definition) is 2. The van der Waals surface area contributed by atoms with Crippen molar-refractivity contribution in [3.05, 3.63) is 64.7 Å². The molecular weight excluding hydrogens is 262 g/mol. The van der Waals surface area contributed by atoms with Crippen molar-refractivity contribution < 1.29 is 0 Å². The minimum Gasteiger partial charge on any atom is -0.380 e. The SMILES string of the molecule is CCCn1cc(NCc2c[nH]c3ccccc23)ccc1=O. The molecule has 4 nitrogen and oxygen atoms in total. The topological polar surface area (TPSA) is 49.8 Å². The molecule has 0 amide bonds. The lowest BCUT2D eigenvalue weighted by molar-refractivity contribution is 0.655. The number of H-pyrrole nitrogens is 1. The van der Waals surface area contributed by atoms with E-state index in [1.165, 1.54) is 10.9 Å². The number of para-hydroxylation sites is 1. The Hall–Kier alpha value is -2.49. The smallest absolute Gasteiger partial charge is 0.250 e. The number of hydrogen-bond acceptors (Lipinski definition) is 2. The van der Waals surface area contributed by atoms with Crippen molar-refractivity contribution in [3.63, 3.8) is 0 Å². The van der Waals surface area contributed by atoms with Crippen LogP contribution in [0.1, 0.15) is 18.9 Å². The summed E-state index contributed by atoms with van der Waals surface area (Å²) in [5.74, 6) is 0. The lowest BCUT2D eigenvalue weighted by atomic mass is 10.2. The van der Waals surface area contributed by atoms with Gasteiger partial charge < -0.3 is 14.9 Å². The molecule has 0 aliphatic heterocycles. The molecule has 0 saturated heterocycles. The van der Waals surface area contributed by atoms with Gasteiger partial charge in [0.15, 0.2) is 0 Å². The number of aromatic nitrogens is 2. The summed E-state index contributed by atoms with van der Waals surface area (Å²) in [5.41, 5.74) is 3.38. The van der Waals surface area contributed by atoms with Gasteiger partial charge in [0, 0.05) is 42.5 Å². The van der Waals surface area contributed by atoms with Gasteiger partial charge in [0.2, 0.25) is 0 Å². The van der Waals surface area contributed by atoms with Crippen LogP contribution in [0.4, 0.5) is 5.69 Å². The van der Waals surface area contributed by atoms with Crippen molar-refractivity contribution in [2.75, 3.05) is 5.32 Å². The van der Waals surface area contributed by atoms with Crippen LogP contribution in [-0.4, -0.2) is 9.55 Å². The van der Waals surface area contributed by atoms with Gasteiger partial charge >= 0.3 is 0 Å². The zero-order valence-corrected chi connectivity index (χ0v) is 12.1. The fourth-order valence-corrected chi connectivity index (χ4v) is 2.53. The van der Waals surface area contributed by atoms with Gasteiger partial charge in [-0.25, -0.2) is 0 Å². The molecule has 0 spiro atoms. The zero-order chi connectivity index (χ0) is 14.7. The van der Waals surface area contributed by atoms with Crippen LogP contribution in [0.3, 0.4) is 0 Å². The molecule has 0 aliphatic carbocycles. The van der Waals surface area contributed by atoms with Crippen molar-refractivity contribution in [2.45, 2.75) is 26.4 Å². The fourth-order valence-electron chi connectivity index (χ4n) is 2.53. The van der Waals surface area contributed by atoms with Crippen molar-refractivity contribution in [1.29, 1.82) is 0 Å². The number of nitrogens with one attached hydrogen (secondary N) is 2. The number of pyridine rings is 1. The van der Waals surface area contributed by atoms with E-state index in [-0.39, 0.29) is 5.56 Å². The average Bonchev–Trinajstić information content (AvgIpc) is 2.92. The Morgan fingerprint density at radius 2 is 2.05 bits per heavy atom. The molecule has 3 rings (SSSR count). The predicted octanol–water partition coefficient (Wildman–Crippen LogP) is 3.35. The highest BCUT2D eigenvalue weighted by Gasteiger charge is 2.03. The number of aromatic amines is 1. The molecule has 0 radical (unpaired) electrons. The van der Waals surface area contributed by atoms with E-state index in [1.807, 2.05) is 30.6 Å². The van der Waals surface area contributed by atoms with Gasteiger partial charge in [-0.1, -0.05) is 25.1 Å². The molecule has 1 aromatic carbocycles. The minimum absolute atomic E-state index is 0.0505. The highest BCUT2D eigenvalue weighted by molar-refractivity contribution is 5.83. The Bertz CT molecular complexity index is 801. The minimum atomic E-state index is 0.0505. The summed E-state index contributed by atoms with van der Waals surface area (Å²) in [6, 6.07) is 11.7. The highest BCUT2D eigenvalue weighted by Crippen LogP contribution is 2.18. The van der Waals surface area contributed by atoms with E-state index in [0.29, 0.717) is 0 Å². The standard InChI is InChI=1S/C17H19N3O/c1-2-9-20-12-14(7-8-17(20)21)18-10-13-11-19-16-6-4-3-5-15(13)16/h3-8,11-12,18-19H,2,9-10H2,1H3. The van der Waals surface area contributed by atoms with E-state index in [1.54, 1.807) is 10.6 Å². The van der Waals surface area contributed by atoms with Gasteiger partial charge in [-0.3, -0.25) is 4.79 Å². The molecule has 2 aromatic heterocycles. The number of fused-ring (bicyclic) bond motifs is 1. The van der Waals surface area contributed by atoms with Crippen LogP contribution < -0.4 is 10.9 Å². The maximum absolute atomic E-state index is 11.7. The van der Waals surface area contributed by atoms with E-state index in [2.05, 4.69) is 29.4 Å². The molecular formula is C17H19N3O. The lowest BCUT2D eigenvalue weighted by Crippen LogP contribution is -2.18. The summed E-state index contributed by atoms with van der Waals surface area (Å²) in [7, 11) is 0. The van der Waals surface area contributed by atoms with Crippen molar-refractivity contribution in [1.82, 2.24) is 9.55 Å². The summed E-state index contributed by atoms with van der Waals surface area (Å²) in [4.78, 5) is 15.0. The summed E-state index contributed by atoms with van der Waals surface area (Å²) >= 11 is 0. The maximum Gasteiger partial charge on any atom is 0.250 e. The second-order valence-electron chi connectivity index (χ2n) is 5.16. The van der Waals surface area contributed by atoms with Gasteiger partial charge in [0.25, 0.3) is 5.56 Å². The first-order valence-corrected chi connectivity index (χ1v) is 7.27. The van der Waals surface area contributed by atoms with E-state index >= 15 is 0 Å². The number of anilines is 1.